The minimum atomic E-state index is -3.42. The largest absolute Gasteiger partial charge is 0.508 e. The van der Waals surface area contributed by atoms with Gasteiger partial charge in [-0.15, -0.1) is 0 Å². The number of benzene rings is 2. The molecule has 0 radical (unpaired) electrons. The van der Waals surface area contributed by atoms with Crippen LogP contribution in [0.3, 0.4) is 0 Å². The molecule has 0 amide bonds. The van der Waals surface area contributed by atoms with Crippen LogP contribution in [0.25, 0.3) is 0 Å². The monoisotopic (exact) mass is 568 g/mol. The molecule has 3 aliphatic carbocycles. The maximum atomic E-state index is 11.9. The zero-order valence-corrected chi connectivity index (χ0v) is 24.8. The normalized spacial score (nSPS) is 29.6. The van der Waals surface area contributed by atoms with Gasteiger partial charge in [0.25, 0.3) is 10.0 Å². The number of phenols is 1. The van der Waals surface area contributed by atoms with Crippen molar-refractivity contribution in [3.05, 3.63) is 59.2 Å². The highest BCUT2D eigenvalue weighted by atomic mass is 32.2. The van der Waals surface area contributed by atoms with E-state index in [1.807, 2.05) is 24.3 Å². The number of sulfonamides is 1. The Morgan fingerprint density at radius 1 is 1.07 bits per heavy atom. The summed E-state index contributed by atoms with van der Waals surface area (Å²) >= 11 is 0. The van der Waals surface area contributed by atoms with Gasteiger partial charge in [0.05, 0.1) is 18.5 Å². The van der Waals surface area contributed by atoms with E-state index in [0.29, 0.717) is 42.4 Å². The minimum absolute atomic E-state index is 0.0484. The van der Waals surface area contributed by atoms with Crippen LogP contribution >= 0.6 is 0 Å². The molecule has 0 heterocycles. The smallest absolute Gasteiger partial charge is 0.254 e. The number of aryl methyl sites for hydroxylation is 1. The van der Waals surface area contributed by atoms with Crippen molar-refractivity contribution in [2.24, 2.45) is 21.6 Å². The first kappa shape index (κ1) is 28.9. The maximum absolute atomic E-state index is 11.9. The average Bonchev–Trinajstić information content (AvgIpc) is 3.23. The number of fused-ring (bicyclic) bond motifs is 5. The summed E-state index contributed by atoms with van der Waals surface area (Å²) in [6, 6.07) is 14.4. The minimum Gasteiger partial charge on any atom is -0.508 e. The highest BCUT2D eigenvalue weighted by molar-refractivity contribution is 7.90. The fourth-order valence-electron chi connectivity index (χ4n) is 7.78. The van der Waals surface area contributed by atoms with Crippen LogP contribution in [0.5, 0.6) is 11.5 Å². The van der Waals surface area contributed by atoms with E-state index in [1.54, 1.807) is 19.0 Å². The van der Waals surface area contributed by atoms with E-state index in [1.165, 1.54) is 23.0 Å². The third-order valence-electron chi connectivity index (χ3n) is 9.73. The highest BCUT2D eigenvalue weighted by Crippen LogP contribution is 2.65. The van der Waals surface area contributed by atoms with Crippen molar-refractivity contribution < 1.29 is 23.4 Å². The summed E-state index contributed by atoms with van der Waals surface area (Å²) in [7, 11) is 0.0682. The van der Waals surface area contributed by atoms with Crippen molar-refractivity contribution in [1.29, 1.82) is 0 Å². The Morgan fingerprint density at radius 2 is 1.85 bits per heavy atom. The summed E-state index contributed by atoms with van der Waals surface area (Å²) in [6.07, 6.45) is 8.22. The molecule has 218 valence electrons. The molecule has 2 aromatic carbocycles. The van der Waals surface area contributed by atoms with Gasteiger partial charge < -0.3 is 19.8 Å². The number of aliphatic hydroxyl groups excluding tert-OH is 1. The van der Waals surface area contributed by atoms with E-state index in [0.717, 1.165) is 50.7 Å². The average molecular weight is 569 g/mol. The Bertz CT molecular complexity index is 1310. The number of ether oxygens (including phenoxy) is 1. The number of aliphatic hydroxyl groups is 1. The van der Waals surface area contributed by atoms with Crippen LogP contribution in [0.1, 0.15) is 80.4 Å². The van der Waals surface area contributed by atoms with Crippen LogP contribution in [0.15, 0.2) is 46.9 Å². The number of hydrogen-bond acceptors (Lipinski definition) is 5. The molecule has 2 saturated carbocycles. The van der Waals surface area contributed by atoms with E-state index in [9.17, 15) is 18.6 Å². The topological polar surface area (TPSA) is 99.4 Å². The standard InChI is InChI=1S/C32H44N2O5S/c1-32-20-28(31-26-14-10-24(35)19-23(26)9-13-27(31)29(32)15-16-30(32)36)22-7-11-25(12-8-22)39-17-5-4-6-18-40(37,38)33-21-34(2)3/h7-8,10-12,14,19,21,27-31,35-36H,4-6,9,13,15-18,20H2,1-3H3/t27?,28-,29?,30+,31?,32+/m1/s1. The zero-order chi connectivity index (χ0) is 28.5. The number of rotatable bonds is 10. The van der Waals surface area contributed by atoms with E-state index >= 15 is 0 Å². The molecule has 2 fully saturated rings. The van der Waals surface area contributed by atoms with E-state index in [-0.39, 0.29) is 17.3 Å². The highest BCUT2D eigenvalue weighted by Gasteiger charge is 2.57. The molecule has 8 heteroatoms. The van der Waals surface area contributed by atoms with Gasteiger partial charge in [-0.3, -0.25) is 0 Å². The van der Waals surface area contributed by atoms with Gasteiger partial charge in [0.1, 0.15) is 17.8 Å². The summed E-state index contributed by atoms with van der Waals surface area (Å²) in [6.45, 7) is 2.85. The van der Waals surface area contributed by atoms with Gasteiger partial charge in [-0.1, -0.05) is 25.1 Å². The van der Waals surface area contributed by atoms with E-state index in [4.69, 9.17) is 4.74 Å². The lowest BCUT2D eigenvalue weighted by Gasteiger charge is -2.54. The lowest BCUT2D eigenvalue weighted by atomic mass is 9.51. The number of aromatic hydroxyl groups is 1. The number of hydrogen-bond donors (Lipinski definition) is 2. The molecule has 6 atom stereocenters. The van der Waals surface area contributed by atoms with E-state index < -0.39 is 10.0 Å². The number of phenolic OH excluding ortho intramolecular Hbond substituents is 1. The Balaban J connectivity index is 1.23. The number of nitrogens with zero attached hydrogens (tertiary/aromatic N) is 2. The second-order valence-electron chi connectivity index (χ2n) is 12.6. The predicted molar refractivity (Wildman–Crippen MR) is 159 cm³/mol. The molecule has 5 rings (SSSR count). The van der Waals surface area contributed by atoms with Gasteiger partial charge in [0, 0.05) is 14.1 Å². The first-order chi connectivity index (χ1) is 19.1. The Labute approximate surface area is 239 Å². The van der Waals surface area contributed by atoms with Crippen LogP contribution in [0.2, 0.25) is 0 Å². The van der Waals surface area contributed by atoms with Gasteiger partial charge in [0.2, 0.25) is 0 Å². The molecule has 0 aliphatic heterocycles. The van der Waals surface area contributed by atoms with Gasteiger partial charge >= 0.3 is 0 Å². The van der Waals surface area contributed by atoms with Crippen LogP contribution in [0, 0.1) is 17.3 Å². The predicted octanol–water partition coefficient (Wildman–Crippen LogP) is 5.47. The Morgan fingerprint density at radius 3 is 2.60 bits per heavy atom. The molecule has 7 nitrogen and oxygen atoms in total. The van der Waals surface area contributed by atoms with Gasteiger partial charge in [-0.25, -0.2) is 8.42 Å². The molecule has 0 spiro atoms. The molecule has 2 aromatic rings. The lowest BCUT2D eigenvalue weighted by Crippen LogP contribution is -2.47. The van der Waals surface area contributed by atoms with Crippen molar-refractivity contribution in [2.75, 3.05) is 26.5 Å². The van der Waals surface area contributed by atoms with Crippen molar-refractivity contribution >= 4 is 16.4 Å². The molecule has 0 aromatic heterocycles. The first-order valence-electron chi connectivity index (χ1n) is 14.7. The SMILES string of the molecule is CN(C)C=NS(=O)(=O)CCCCCOc1ccc([C@H]2C[C@@]3(C)C(CC[C@@H]3O)C3CCc4cc(O)ccc4C32)cc1. The summed E-state index contributed by atoms with van der Waals surface area (Å²) in [5.74, 6) is 2.96. The molecule has 0 saturated heterocycles. The Kier molecular flexibility index (Phi) is 8.48. The quantitative estimate of drug-likeness (QED) is 0.224. The van der Waals surface area contributed by atoms with Gasteiger partial charge in [-0.05, 0) is 121 Å². The fourth-order valence-corrected chi connectivity index (χ4v) is 8.78. The third kappa shape index (κ3) is 6.03. The molecular weight excluding hydrogens is 524 g/mol. The molecular formula is C32H44N2O5S. The first-order valence-corrected chi connectivity index (χ1v) is 16.4. The van der Waals surface area contributed by atoms with Crippen LogP contribution < -0.4 is 4.74 Å². The summed E-state index contributed by atoms with van der Waals surface area (Å²) < 4.78 is 33.5. The van der Waals surface area contributed by atoms with Gasteiger partial charge in [0.15, 0.2) is 0 Å². The number of unbranched alkanes of at least 4 members (excludes halogenated alkanes) is 2. The molecule has 2 N–H and O–H groups in total. The summed E-state index contributed by atoms with van der Waals surface area (Å²) in [5, 5.41) is 21.2. The fraction of sp³-hybridized carbons (Fsp3) is 0.594. The maximum Gasteiger partial charge on any atom is 0.254 e. The summed E-state index contributed by atoms with van der Waals surface area (Å²) in [5.41, 5.74) is 3.86. The van der Waals surface area contributed by atoms with Crippen molar-refractivity contribution in [3.63, 3.8) is 0 Å². The molecule has 3 aliphatic rings. The van der Waals surface area contributed by atoms with Crippen LogP contribution in [-0.4, -0.2) is 62.4 Å². The van der Waals surface area contributed by atoms with Crippen LogP contribution in [0.4, 0.5) is 0 Å². The van der Waals surface area contributed by atoms with Gasteiger partial charge in [-0.2, -0.15) is 4.40 Å². The zero-order valence-electron chi connectivity index (χ0n) is 24.0. The summed E-state index contributed by atoms with van der Waals surface area (Å²) in [4.78, 5) is 1.61. The molecule has 40 heavy (non-hydrogen) atoms. The van der Waals surface area contributed by atoms with Crippen LogP contribution in [-0.2, 0) is 16.4 Å². The van der Waals surface area contributed by atoms with Crippen molar-refractivity contribution in [1.82, 2.24) is 4.90 Å². The van der Waals surface area contributed by atoms with E-state index in [2.05, 4.69) is 29.5 Å². The van der Waals surface area contributed by atoms with Crippen molar-refractivity contribution in [3.8, 4) is 11.5 Å². The second-order valence-corrected chi connectivity index (χ2v) is 14.4. The molecule has 0 bridgehead atoms. The molecule has 3 unspecified atom stereocenters. The van der Waals surface area contributed by atoms with Crippen molar-refractivity contribution in [2.45, 2.75) is 76.2 Å². The Hall–Kier alpha value is -2.58. The lowest BCUT2D eigenvalue weighted by molar-refractivity contribution is -0.0323. The third-order valence-corrected chi connectivity index (χ3v) is 10.9. The second kappa shape index (κ2) is 11.7.